The first-order valence-corrected chi connectivity index (χ1v) is 11.4. The van der Waals surface area contributed by atoms with Crippen molar-refractivity contribution in [3.8, 4) is 5.75 Å². The maximum atomic E-state index is 12.5. The molecule has 1 N–H and O–H groups in total. The Kier molecular flexibility index (Phi) is 6.56. The van der Waals surface area contributed by atoms with Gasteiger partial charge in [0.1, 0.15) is 5.75 Å². The number of hydrogen-bond acceptors (Lipinski definition) is 6. The topological polar surface area (TPSA) is 97.7 Å². The minimum Gasteiger partial charge on any atom is -0.423 e. The Balaban J connectivity index is 1.38. The third-order valence-corrected chi connectivity index (χ3v) is 5.92. The summed E-state index contributed by atoms with van der Waals surface area (Å²) in [6.07, 6.45) is 4.64. The van der Waals surface area contributed by atoms with E-state index in [0.717, 1.165) is 5.56 Å². The highest BCUT2D eigenvalue weighted by Crippen LogP contribution is 2.20. The smallest absolute Gasteiger partial charge is 0.343 e. The lowest BCUT2D eigenvalue weighted by molar-refractivity contribution is 0.0734. The SMILES string of the molecule is O=C(Oc1ccc(C=Nc2ccc(S(=O)(=O)Nc3cccnc3)cc2)cc1)c1ccccc1. The highest BCUT2D eigenvalue weighted by Gasteiger charge is 2.14. The molecule has 0 aliphatic carbocycles. The van der Waals surface area contributed by atoms with Gasteiger partial charge in [-0.3, -0.25) is 14.7 Å². The quantitative estimate of drug-likeness (QED) is 0.243. The third kappa shape index (κ3) is 5.90. The normalized spacial score (nSPS) is 11.3. The van der Waals surface area contributed by atoms with Gasteiger partial charge in [-0.2, -0.15) is 0 Å². The monoisotopic (exact) mass is 457 g/mol. The average Bonchev–Trinajstić information content (AvgIpc) is 2.85. The fourth-order valence-electron chi connectivity index (χ4n) is 2.86. The third-order valence-electron chi connectivity index (χ3n) is 4.52. The van der Waals surface area contributed by atoms with Gasteiger partial charge in [-0.05, 0) is 78.4 Å². The standard InChI is InChI=1S/C25H19N3O4S/c29-25(20-5-2-1-3-6-20)32-23-12-8-19(9-13-23)17-27-21-10-14-24(15-11-21)33(30,31)28-22-7-4-16-26-18-22/h1-18,28H. The number of pyridine rings is 1. The van der Waals surface area contributed by atoms with Crippen LogP contribution in [-0.4, -0.2) is 25.6 Å². The van der Waals surface area contributed by atoms with E-state index in [1.807, 2.05) is 6.07 Å². The molecule has 4 rings (SSSR count). The molecule has 3 aromatic carbocycles. The number of anilines is 1. The molecule has 1 heterocycles. The van der Waals surface area contributed by atoms with Crippen molar-refractivity contribution in [1.82, 2.24) is 4.98 Å². The molecule has 1 aromatic heterocycles. The van der Waals surface area contributed by atoms with Gasteiger partial charge in [0.2, 0.25) is 0 Å². The zero-order chi connectivity index (χ0) is 23.1. The molecule has 164 valence electrons. The van der Waals surface area contributed by atoms with E-state index in [2.05, 4.69) is 14.7 Å². The van der Waals surface area contributed by atoms with E-state index in [0.29, 0.717) is 22.7 Å². The average molecular weight is 458 g/mol. The second-order valence-corrected chi connectivity index (χ2v) is 8.61. The van der Waals surface area contributed by atoms with Crippen LogP contribution < -0.4 is 9.46 Å². The molecule has 33 heavy (non-hydrogen) atoms. The van der Waals surface area contributed by atoms with Crippen LogP contribution in [0.15, 0.2) is 113 Å². The Morgan fingerprint density at radius 1 is 0.879 bits per heavy atom. The molecule has 8 heteroatoms. The summed E-state index contributed by atoms with van der Waals surface area (Å²) >= 11 is 0. The van der Waals surface area contributed by atoms with Gasteiger partial charge in [0.15, 0.2) is 0 Å². The van der Waals surface area contributed by atoms with Crippen LogP contribution in [-0.2, 0) is 10.0 Å². The van der Waals surface area contributed by atoms with Gasteiger partial charge in [-0.1, -0.05) is 18.2 Å². The van der Waals surface area contributed by atoms with E-state index in [1.165, 1.54) is 18.3 Å². The summed E-state index contributed by atoms with van der Waals surface area (Å²) in [5, 5.41) is 0. The van der Waals surface area contributed by atoms with E-state index < -0.39 is 16.0 Å². The van der Waals surface area contributed by atoms with Crippen LogP contribution in [0.1, 0.15) is 15.9 Å². The molecule has 0 aliphatic heterocycles. The second-order valence-electron chi connectivity index (χ2n) is 6.92. The zero-order valence-electron chi connectivity index (χ0n) is 17.3. The van der Waals surface area contributed by atoms with Gasteiger partial charge in [0.05, 0.1) is 28.0 Å². The second kappa shape index (κ2) is 9.88. The number of hydrogen-bond donors (Lipinski definition) is 1. The number of carbonyl (C=O) groups excluding carboxylic acids is 1. The molecule has 7 nitrogen and oxygen atoms in total. The molecule has 0 fully saturated rings. The zero-order valence-corrected chi connectivity index (χ0v) is 18.1. The predicted octanol–water partition coefficient (Wildman–Crippen LogP) is 4.85. The number of nitrogens with one attached hydrogen (secondary N) is 1. The molecule has 0 spiro atoms. The van der Waals surface area contributed by atoms with E-state index in [1.54, 1.807) is 85.2 Å². The van der Waals surface area contributed by atoms with Crippen LogP contribution in [0.4, 0.5) is 11.4 Å². The van der Waals surface area contributed by atoms with Crippen LogP contribution >= 0.6 is 0 Å². The van der Waals surface area contributed by atoms with Gasteiger partial charge in [0, 0.05) is 12.4 Å². The number of benzene rings is 3. The van der Waals surface area contributed by atoms with Crippen molar-refractivity contribution in [2.75, 3.05) is 4.72 Å². The van der Waals surface area contributed by atoms with Crippen molar-refractivity contribution in [2.45, 2.75) is 4.90 Å². The number of rotatable bonds is 7. The molecule has 0 saturated carbocycles. The highest BCUT2D eigenvalue weighted by molar-refractivity contribution is 7.92. The van der Waals surface area contributed by atoms with E-state index in [4.69, 9.17) is 4.74 Å². The summed E-state index contributed by atoms with van der Waals surface area (Å²) in [7, 11) is -3.72. The van der Waals surface area contributed by atoms with Crippen LogP contribution in [0, 0.1) is 0 Å². The molecule has 0 atom stereocenters. The summed E-state index contributed by atoms with van der Waals surface area (Å²) in [5.41, 5.74) is 2.25. The maximum Gasteiger partial charge on any atom is 0.343 e. The van der Waals surface area contributed by atoms with Gasteiger partial charge in [-0.15, -0.1) is 0 Å². The molecule has 0 amide bonds. The van der Waals surface area contributed by atoms with Crippen molar-refractivity contribution >= 4 is 33.6 Å². The number of carbonyl (C=O) groups is 1. The Labute approximate surface area is 191 Å². The summed E-state index contributed by atoms with van der Waals surface area (Å²) < 4.78 is 32.8. The maximum absolute atomic E-state index is 12.5. The van der Waals surface area contributed by atoms with E-state index in [-0.39, 0.29) is 4.90 Å². The van der Waals surface area contributed by atoms with Crippen molar-refractivity contribution in [2.24, 2.45) is 4.99 Å². The molecule has 0 unspecified atom stereocenters. The minimum absolute atomic E-state index is 0.120. The van der Waals surface area contributed by atoms with E-state index in [9.17, 15) is 13.2 Å². The molecule has 0 bridgehead atoms. The predicted molar refractivity (Wildman–Crippen MR) is 127 cm³/mol. The highest BCUT2D eigenvalue weighted by atomic mass is 32.2. The fraction of sp³-hybridized carbons (Fsp3) is 0. The Hall–Kier alpha value is -4.30. The Bertz CT molecular complexity index is 1360. The Morgan fingerprint density at radius 2 is 1.61 bits per heavy atom. The van der Waals surface area contributed by atoms with Gasteiger partial charge >= 0.3 is 5.97 Å². The number of aliphatic imine (C=N–C) groups is 1. The van der Waals surface area contributed by atoms with Crippen LogP contribution in [0.3, 0.4) is 0 Å². The number of ether oxygens (including phenoxy) is 1. The fourth-order valence-corrected chi connectivity index (χ4v) is 3.90. The first kappa shape index (κ1) is 21.9. The van der Waals surface area contributed by atoms with Crippen molar-refractivity contribution in [1.29, 1.82) is 0 Å². The molecular weight excluding hydrogens is 438 g/mol. The number of nitrogens with zero attached hydrogens (tertiary/aromatic N) is 2. The van der Waals surface area contributed by atoms with Gasteiger partial charge < -0.3 is 4.74 Å². The lowest BCUT2D eigenvalue weighted by Gasteiger charge is -2.07. The molecule has 0 radical (unpaired) electrons. The largest absolute Gasteiger partial charge is 0.423 e. The van der Waals surface area contributed by atoms with E-state index >= 15 is 0 Å². The van der Waals surface area contributed by atoms with Crippen molar-refractivity contribution < 1.29 is 17.9 Å². The van der Waals surface area contributed by atoms with Gasteiger partial charge in [0.25, 0.3) is 10.0 Å². The van der Waals surface area contributed by atoms with Crippen LogP contribution in [0.2, 0.25) is 0 Å². The van der Waals surface area contributed by atoms with Crippen molar-refractivity contribution in [3.05, 3.63) is 115 Å². The molecule has 4 aromatic rings. The minimum atomic E-state index is -3.72. The number of sulfonamides is 1. The lowest BCUT2D eigenvalue weighted by Crippen LogP contribution is -2.12. The molecule has 0 aliphatic rings. The first-order chi connectivity index (χ1) is 16.0. The summed E-state index contributed by atoms with van der Waals surface area (Å²) in [6, 6.07) is 25.1. The van der Waals surface area contributed by atoms with Gasteiger partial charge in [-0.25, -0.2) is 13.2 Å². The lowest BCUT2D eigenvalue weighted by atomic mass is 10.2. The summed E-state index contributed by atoms with van der Waals surface area (Å²) in [4.78, 5) is 20.5. The Morgan fingerprint density at radius 3 is 2.27 bits per heavy atom. The molecule has 0 saturated heterocycles. The number of aromatic nitrogens is 1. The van der Waals surface area contributed by atoms with Crippen LogP contribution in [0.25, 0.3) is 0 Å². The molecular formula is C25H19N3O4S. The van der Waals surface area contributed by atoms with Crippen LogP contribution in [0.5, 0.6) is 5.75 Å². The number of esters is 1. The summed E-state index contributed by atoms with van der Waals surface area (Å²) in [6.45, 7) is 0. The van der Waals surface area contributed by atoms with Crippen molar-refractivity contribution in [3.63, 3.8) is 0 Å². The summed E-state index contributed by atoms with van der Waals surface area (Å²) in [5.74, 6) is 0.00162. The first-order valence-electron chi connectivity index (χ1n) is 9.94.